The van der Waals surface area contributed by atoms with Gasteiger partial charge in [0.15, 0.2) is 0 Å². The maximum atomic E-state index is 9.02. The molecule has 0 spiro atoms. The Hall–Kier alpha value is -0.120. The molecule has 0 saturated carbocycles. The smallest absolute Gasteiger partial charge is 0.0589 e. The van der Waals surface area contributed by atoms with Crippen LogP contribution in [0.1, 0.15) is 20.8 Å². The van der Waals surface area contributed by atoms with Crippen molar-refractivity contribution in [3.63, 3.8) is 0 Å². The van der Waals surface area contributed by atoms with Gasteiger partial charge in [-0.25, -0.2) is 0 Å². The van der Waals surface area contributed by atoms with Crippen LogP contribution in [-0.2, 0) is 4.74 Å². The molecule has 0 aromatic carbocycles. The van der Waals surface area contributed by atoms with E-state index in [0.717, 1.165) is 0 Å². The van der Waals surface area contributed by atoms with Gasteiger partial charge < -0.3 is 15.6 Å². The molecular formula is C9H19NO2. The molecule has 1 aliphatic heterocycles. The van der Waals surface area contributed by atoms with Crippen molar-refractivity contribution in [1.29, 1.82) is 0 Å². The molecule has 1 atom stereocenters. The van der Waals surface area contributed by atoms with Crippen molar-refractivity contribution in [1.82, 2.24) is 0 Å². The van der Waals surface area contributed by atoms with Gasteiger partial charge in [0.2, 0.25) is 0 Å². The summed E-state index contributed by atoms with van der Waals surface area (Å²) in [5, 5.41) is 9.02. The summed E-state index contributed by atoms with van der Waals surface area (Å²) in [6.07, 6.45) is 0. The molecule has 0 radical (unpaired) electrons. The largest absolute Gasteiger partial charge is 0.395 e. The molecule has 1 heterocycles. The van der Waals surface area contributed by atoms with E-state index in [-0.39, 0.29) is 23.5 Å². The third kappa shape index (κ3) is 1.26. The summed E-state index contributed by atoms with van der Waals surface area (Å²) in [5.74, 6) is 0. The van der Waals surface area contributed by atoms with Crippen LogP contribution in [0.25, 0.3) is 0 Å². The maximum Gasteiger partial charge on any atom is 0.0589 e. The number of aliphatic hydroxyl groups is 1. The van der Waals surface area contributed by atoms with Crippen LogP contribution < -0.4 is 5.73 Å². The van der Waals surface area contributed by atoms with Gasteiger partial charge in [-0.05, 0) is 5.41 Å². The summed E-state index contributed by atoms with van der Waals surface area (Å²) >= 11 is 0. The number of rotatable bonds is 2. The molecule has 0 aliphatic carbocycles. The van der Waals surface area contributed by atoms with Crippen molar-refractivity contribution < 1.29 is 9.84 Å². The Bertz CT molecular complexity index is 158. The number of hydrogen-bond acceptors (Lipinski definition) is 3. The average molecular weight is 173 g/mol. The van der Waals surface area contributed by atoms with E-state index < -0.39 is 0 Å². The molecule has 1 rings (SSSR count). The van der Waals surface area contributed by atoms with Gasteiger partial charge in [0.25, 0.3) is 0 Å². The van der Waals surface area contributed by atoms with Crippen LogP contribution in [0.3, 0.4) is 0 Å². The minimum atomic E-state index is -0.161. The Morgan fingerprint density at radius 2 is 2.00 bits per heavy atom. The molecule has 1 saturated heterocycles. The van der Waals surface area contributed by atoms with E-state index in [2.05, 4.69) is 20.8 Å². The molecular weight excluding hydrogens is 154 g/mol. The highest BCUT2D eigenvalue weighted by atomic mass is 16.5. The molecule has 1 unspecified atom stereocenters. The van der Waals surface area contributed by atoms with Gasteiger partial charge in [-0.3, -0.25) is 0 Å². The molecule has 0 bridgehead atoms. The Labute approximate surface area is 73.9 Å². The lowest BCUT2D eigenvalue weighted by atomic mass is 9.61. The average Bonchev–Trinajstić information content (AvgIpc) is 1.81. The third-order valence-corrected chi connectivity index (χ3v) is 3.12. The van der Waals surface area contributed by atoms with E-state index in [1.54, 1.807) is 0 Å². The highest BCUT2D eigenvalue weighted by Gasteiger charge is 2.52. The van der Waals surface area contributed by atoms with Crippen LogP contribution >= 0.6 is 0 Å². The zero-order chi connectivity index (χ0) is 9.41. The van der Waals surface area contributed by atoms with E-state index in [4.69, 9.17) is 15.6 Å². The van der Waals surface area contributed by atoms with E-state index >= 15 is 0 Å². The summed E-state index contributed by atoms with van der Waals surface area (Å²) in [4.78, 5) is 0. The first-order chi connectivity index (χ1) is 5.44. The van der Waals surface area contributed by atoms with Crippen molar-refractivity contribution in [2.75, 3.05) is 19.8 Å². The van der Waals surface area contributed by atoms with Gasteiger partial charge in [0, 0.05) is 11.5 Å². The van der Waals surface area contributed by atoms with Gasteiger partial charge in [0.05, 0.1) is 19.8 Å². The minimum Gasteiger partial charge on any atom is -0.395 e. The fraction of sp³-hybridized carbons (Fsp3) is 1.00. The molecule has 0 aromatic rings. The van der Waals surface area contributed by atoms with E-state index in [1.165, 1.54) is 0 Å². The summed E-state index contributed by atoms with van der Waals surface area (Å²) < 4.78 is 5.20. The van der Waals surface area contributed by atoms with Gasteiger partial charge in [-0.15, -0.1) is 0 Å². The zero-order valence-electron chi connectivity index (χ0n) is 8.13. The second kappa shape index (κ2) is 2.98. The zero-order valence-corrected chi connectivity index (χ0v) is 8.13. The van der Waals surface area contributed by atoms with Crippen LogP contribution in [0.5, 0.6) is 0 Å². The number of hydrogen-bond donors (Lipinski definition) is 2. The second-order valence-electron chi connectivity index (χ2n) is 4.69. The first-order valence-electron chi connectivity index (χ1n) is 4.38. The first-order valence-corrected chi connectivity index (χ1v) is 4.38. The van der Waals surface area contributed by atoms with Crippen LogP contribution in [0.2, 0.25) is 0 Å². The van der Waals surface area contributed by atoms with Crippen molar-refractivity contribution in [3.05, 3.63) is 0 Å². The molecule has 1 aliphatic rings. The van der Waals surface area contributed by atoms with Crippen molar-refractivity contribution in [3.8, 4) is 0 Å². The highest BCUT2D eigenvalue weighted by Crippen LogP contribution is 2.46. The molecule has 3 heteroatoms. The lowest BCUT2D eigenvalue weighted by Crippen LogP contribution is -2.63. The number of ether oxygens (including phenoxy) is 1. The Morgan fingerprint density at radius 3 is 2.08 bits per heavy atom. The summed E-state index contributed by atoms with van der Waals surface area (Å²) in [5.41, 5.74) is 5.95. The molecule has 1 fully saturated rings. The Kier molecular flexibility index (Phi) is 2.47. The van der Waals surface area contributed by atoms with Gasteiger partial charge in [-0.2, -0.15) is 0 Å². The summed E-state index contributed by atoms with van der Waals surface area (Å²) in [6, 6.07) is -0.161. The molecule has 0 aromatic heterocycles. The number of aliphatic hydroxyl groups excluding tert-OH is 1. The third-order valence-electron chi connectivity index (χ3n) is 3.12. The van der Waals surface area contributed by atoms with Crippen molar-refractivity contribution >= 4 is 0 Å². The van der Waals surface area contributed by atoms with Gasteiger partial charge >= 0.3 is 0 Å². The summed E-state index contributed by atoms with van der Waals surface area (Å²) in [6.45, 7) is 7.83. The lowest BCUT2D eigenvalue weighted by Gasteiger charge is -2.53. The predicted octanol–water partition coefficient (Wildman–Crippen LogP) is 0.369. The standard InChI is InChI=1S/C9H19NO2/c1-8(2,3)9(5-12-6-9)7(10)4-11/h7,11H,4-6,10H2,1-3H3. The fourth-order valence-electron chi connectivity index (χ4n) is 1.70. The van der Waals surface area contributed by atoms with Crippen LogP contribution in [0.4, 0.5) is 0 Å². The highest BCUT2D eigenvalue weighted by molar-refractivity contribution is 5.01. The van der Waals surface area contributed by atoms with E-state index in [9.17, 15) is 0 Å². The van der Waals surface area contributed by atoms with Crippen LogP contribution in [0, 0.1) is 10.8 Å². The van der Waals surface area contributed by atoms with Gasteiger partial charge in [0.1, 0.15) is 0 Å². The predicted molar refractivity (Wildman–Crippen MR) is 47.8 cm³/mol. The van der Waals surface area contributed by atoms with E-state index in [0.29, 0.717) is 13.2 Å². The minimum absolute atomic E-state index is 0.0260. The van der Waals surface area contributed by atoms with Crippen LogP contribution in [0.15, 0.2) is 0 Å². The van der Waals surface area contributed by atoms with Crippen molar-refractivity contribution in [2.24, 2.45) is 16.6 Å². The van der Waals surface area contributed by atoms with Gasteiger partial charge in [-0.1, -0.05) is 20.8 Å². The molecule has 72 valence electrons. The molecule has 12 heavy (non-hydrogen) atoms. The fourth-order valence-corrected chi connectivity index (χ4v) is 1.70. The first kappa shape index (κ1) is 9.96. The molecule has 3 N–H and O–H groups in total. The maximum absolute atomic E-state index is 9.02. The number of nitrogens with two attached hydrogens (primary N) is 1. The second-order valence-corrected chi connectivity index (χ2v) is 4.69. The topological polar surface area (TPSA) is 55.5 Å². The SMILES string of the molecule is CC(C)(C)C1(C(N)CO)COC1. The van der Waals surface area contributed by atoms with Crippen molar-refractivity contribution in [2.45, 2.75) is 26.8 Å². The van der Waals surface area contributed by atoms with E-state index in [1.807, 2.05) is 0 Å². The summed E-state index contributed by atoms with van der Waals surface area (Å²) in [7, 11) is 0. The molecule has 0 amide bonds. The lowest BCUT2D eigenvalue weighted by molar-refractivity contribution is -0.187. The monoisotopic (exact) mass is 173 g/mol. The van der Waals surface area contributed by atoms with Crippen LogP contribution in [-0.4, -0.2) is 31.0 Å². The Morgan fingerprint density at radius 1 is 1.50 bits per heavy atom. The molecule has 3 nitrogen and oxygen atoms in total. The quantitative estimate of drug-likeness (QED) is 0.634. The normalized spacial score (nSPS) is 24.8. The Balaban J connectivity index is 2.76.